The van der Waals surface area contributed by atoms with Crippen molar-refractivity contribution in [1.29, 1.82) is 0 Å². The Labute approximate surface area is 137 Å². The maximum Gasteiger partial charge on any atom is 0.239 e. The minimum Gasteiger partial charge on any atom is -0.378 e. The summed E-state index contributed by atoms with van der Waals surface area (Å²) in [5, 5.41) is 6.41. The minimum absolute atomic E-state index is 0.0692. The third-order valence-corrected chi connectivity index (χ3v) is 4.67. The Kier molecular flexibility index (Phi) is 5.59. The van der Waals surface area contributed by atoms with Gasteiger partial charge in [-0.2, -0.15) is 0 Å². The van der Waals surface area contributed by atoms with Crippen molar-refractivity contribution in [2.45, 2.75) is 32.0 Å². The summed E-state index contributed by atoms with van der Waals surface area (Å²) < 4.78 is 5.36. The number of hydrogen-bond donors (Lipinski definition) is 2. The standard InChI is InChI=1S/C17H26N4O2/c1-13-10-21(11-14-4-2-3-6-18-14)8-5-15(13)20-17(22)16-12-23-9-7-19-16/h2-4,6,13,15-16,19H,5,7-12H2,1H3,(H,20,22)/t13-,15-,16+/m1/s1. The van der Waals surface area contributed by atoms with E-state index in [9.17, 15) is 4.79 Å². The zero-order valence-corrected chi connectivity index (χ0v) is 13.7. The van der Waals surface area contributed by atoms with Crippen molar-refractivity contribution in [2.24, 2.45) is 5.92 Å². The van der Waals surface area contributed by atoms with Gasteiger partial charge in [0.1, 0.15) is 6.04 Å². The van der Waals surface area contributed by atoms with Gasteiger partial charge in [-0.15, -0.1) is 0 Å². The molecule has 6 heteroatoms. The van der Waals surface area contributed by atoms with Gasteiger partial charge >= 0.3 is 0 Å². The number of morpholine rings is 1. The quantitative estimate of drug-likeness (QED) is 0.841. The fourth-order valence-corrected chi connectivity index (χ4v) is 3.33. The number of pyridine rings is 1. The van der Waals surface area contributed by atoms with Gasteiger partial charge < -0.3 is 15.4 Å². The van der Waals surface area contributed by atoms with E-state index >= 15 is 0 Å². The number of amides is 1. The van der Waals surface area contributed by atoms with Gasteiger partial charge in [0, 0.05) is 38.4 Å². The molecule has 2 saturated heterocycles. The highest BCUT2D eigenvalue weighted by Crippen LogP contribution is 2.18. The number of piperidine rings is 1. The second-order valence-corrected chi connectivity index (χ2v) is 6.52. The van der Waals surface area contributed by atoms with Crippen molar-refractivity contribution in [3.63, 3.8) is 0 Å². The van der Waals surface area contributed by atoms with Crippen molar-refractivity contribution < 1.29 is 9.53 Å². The molecule has 6 nitrogen and oxygen atoms in total. The van der Waals surface area contributed by atoms with Crippen LogP contribution in [0, 0.1) is 5.92 Å². The summed E-state index contributed by atoms with van der Waals surface area (Å²) in [5.41, 5.74) is 1.10. The lowest BCUT2D eigenvalue weighted by molar-refractivity contribution is -0.127. The van der Waals surface area contributed by atoms with Crippen LogP contribution >= 0.6 is 0 Å². The van der Waals surface area contributed by atoms with Crippen LogP contribution in [0.15, 0.2) is 24.4 Å². The number of aromatic nitrogens is 1. The van der Waals surface area contributed by atoms with E-state index in [4.69, 9.17) is 4.74 Å². The lowest BCUT2D eigenvalue weighted by atomic mass is 9.93. The molecule has 0 aromatic carbocycles. The molecule has 0 aliphatic carbocycles. The van der Waals surface area contributed by atoms with Crippen LogP contribution in [0.1, 0.15) is 19.0 Å². The van der Waals surface area contributed by atoms with E-state index in [1.165, 1.54) is 0 Å². The second kappa shape index (κ2) is 7.86. The molecule has 126 valence electrons. The van der Waals surface area contributed by atoms with E-state index in [0.29, 0.717) is 19.1 Å². The number of rotatable bonds is 4. The molecule has 1 aromatic heterocycles. The average Bonchev–Trinajstić information content (AvgIpc) is 2.59. The smallest absolute Gasteiger partial charge is 0.239 e. The van der Waals surface area contributed by atoms with E-state index in [1.807, 2.05) is 18.3 Å². The predicted octanol–water partition coefficient (Wildman–Crippen LogP) is 0.397. The summed E-state index contributed by atoms with van der Waals surface area (Å²) in [4.78, 5) is 19.1. The SMILES string of the molecule is C[C@@H]1CN(Cc2ccccn2)CC[C@H]1NC(=O)[C@@H]1COCCN1. The number of hydrogen-bond acceptors (Lipinski definition) is 5. The predicted molar refractivity (Wildman–Crippen MR) is 87.8 cm³/mol. The largest absolute Gasteiger partial charge is 0.378 e. The Bertz CT molecular complexity index is 505. The summed E-state index contributed by atoms with van der Waals surface area (Å²) in [6.07, 6.45) is 2.82. The Hall–Kier alpha value is -1.50. The van der Waals surface area contributed by atoms with Crippen molar-refractivity contribution in [1.82, 2.24) is 20.5 Å². The molecular formula is C17H26N4O2. The third-order valence-electron chi connectivity index (χ3n) is 4.67. The molecule has 0 radical (unpaired) electrons. The summed E-state index contributed by atoms with van der Waals surface area (Å²) >= 11 is 0. The van der Waals surface area contributed by atoms with Gasteiger partial charge in [-0.3, -0.25) is 14.7 Å². The van der Waals surface area contributed by atoms with Gasteiger partial charge in [-0.05, 0) is 24.5 Å². The Morgan fingerprint density at radius 2 is 2.43 bits per heavy atom. The Balaban J connectivity index is 1.47. The van der Waals surface area contributed by atoms with Crippen LogP contribution in [0.4, 0.5) is 0 Å². The highest BCUT2D eigenvalue weighted by Gasteiger charge is 2.30. The summed E-state index contributed by atoms with van der Waals surface area (Å²) in [6.45, 7) is 6.96. The first-order valence-corrected chi connectivity index (χ1v) is 8.46. The molecular weight excluding hydrogens is 292 g/mol. The Morgan fingerprint density at radius 1 is 1.52 bits per heavy atom. The molecule has 3 heterocycles. The third kappa shape index (κ3) is 4.50. The van der Waals surface area contributed by atoms with Crippen molar-refractivity contribution in [3.8, 4) is 0 Å². The van der Waals surface area contributed by atoms with E-state index in [2.05, 4.69) is 33.5 Å². The minimum atomic E-state index is -0.206. The molecule has 2 aliphatic heterocycles. The van der Waals surface area contributed by atoms with E-state index in [0.717, 1.165) is 38.3 Å². The summed E-state index contributed by atoms with van der Waals surface area (Å²) in [7, 11) is 0. The van der Waals surface area contributed by atoms with E-state index in [-0.39, 0.29) is 18.0 Å². The Morgan fingerprint density at radius 3 is 3.13 bits per heavy atom. The molecule has 2 aliphatic rings. The zero-order valence-electron chi connectivity index (χ0n) is 13.7. The van der Waals surface area contributed by atoms with Crippen LogP contribution in [0.25, 0.3) is 0 Å². The van der Waals surface area contributed by atoms with Gasteiger partial charge in [0.25, 0.3) is 0 Å². The number of nitrogens with zero attached hydrogens (tertiary/aromatic N) is 2. The van der Waals surface area contributed by atoms with E-state index in [1.54, 1.807) is 0 Å². The van der Waals surface area contributed by atoms with Crippen LogP contribution in [0.5, 0.6) is 0 Å². The molecule has 0 spiro atoms. The number of carbonyl (C=O) groups excluding carboxylic acids is 1. The van der Waals surface area contributed by atoms with Gasteiger partial charge in [0.05, 0.1) is 18.9 Å². The first-order chi connectivity index (χ1) is 11.2. The molecule has 23 heavy (non-hydrogen) atoms. The highest BCUT2D eigenvalue weighted by molar-refractivity contribution is 5.82. The maximum atomic E-state index is 12.3. The molecule has 2 N–H and O–H groups in total. The van der Waals surface area contributed by atoms with Crippen LogP contribution in [-0.2, 0) is 16.1 Å². The fourth-order valence-electron chi connectivity index (χ4n) is 3.33. The molecule has 0 unspecified atom stereocenters. The molecule has 3 rings (SSSR count). The molecule has 3 atom stereocenters. The fraction of sp³-hybridized carbons (Fsp3) is 0.647. The number of ether oxygens (including phenoxy) is 1. The number of likely N-dealkylation sites (tertiary alicyclic amines) is 1. The van der Waals surface area contributed by atoms with Crippen LogP contribution < -0.4 is 10.6 Å². The van der Waals surface area contributed by atoms with Gasteiger partial charge in [-0.25, -0.2) is 0 Å². The number of carbonyl (C=O) groups is 1. The second-order valence-electron chi connectivity index (χ2n) is 6.52. The van der Waals surface area contributed by atoms with Crippen LogP contribution in [0.3, 0.4) is 0 Å². The first-order valence-electron chi connectivity index (χ1n) is 8.46. The lowest BCUT2D eigenvalue weighted by Gasteiger charge is -2.38. The van der Waals surface area contributed by atoms with Crippen molar-refractivity contribution in [3.05, 3.63) is 30.1 Å². The normalized spacial score (nSPS) is 29.2. The zero-order chi connectivity index (χ0) is 16.1. The van der Waals surface area contributed by atoms with Crippen molar-refractivity contribution in [2.75, 3.05) is 32.8 Å². The van der Waals surface area contributed by atoms with Crippen molar-refractivity contribution >= 4 is 5.91 Å². The molecule has 2 fully saturated rings. The van der Waals surface area contributed by atoms with Gasteiger partial charge in [0.15, 0.2) is 0 Å². The van der Waals surface area contributed by atoms with Gasteiger partial charge in [0.2, 0.25) is 5.91 Å². The summed E-state index contributed by atoms with van der Waals surface area (Å²) in [5.74, 6) is 0.501. The summed E-state index contributed by atoms with van der Waals surface area (Å²) in [6, 6.07) is 6.07. The molecule has 0 bridgehead atoms. The monoisotopic (exact) mass is 318 g/mol. The molecule has 1 amide bonds. The highest BCUT2D eigenvalue weighted by atomic mass is 16.5. The van der Waals surface area contributed by atoms with Crippen LogP contribution in [-0.4, -0.2) is 60.7 Å². The number of nitrogens with one attached hydrogen (secondary N) is 2. The average molecular weight is 318 g/mol. The van der Waals surface area contributed by atoms with Gasteiger partial charge in [-0.1, -0.05) is 13.0 Å². The van der Waals surface area contributed by atoms with E-state index < -0.39 is 0 Å². The molecule has 1 aromatic rings. The maximum absolute atomic E-state index is 12.3. The molecule has 0 saturated carbocycles. The lowest BCUT2D eigenvalue weighted by Crippen LogP contribution is -2.56. The topological polar surface area (TPSA) is 66.5 Å². The first kappa shape index (κ1) is 16.4. The van der Waals surface area contributed by atoms with Crippen LogP contribution in [0.2, 0.25) is 0 Å².